The lowest BCUT2D eigenvalue weighted by Gasteiger charge is -2.21. The number of pyridine rings is 2. The van der Waals surface area contributed by atoms with E-state index in [-0.39, 0.29) is 17.7 Å². The van der Waals surface area contributed by atoms with E-state index in [4.69, 9.17) is 4.74 Å². The van der Waals surface area contributed by atoms with E-state index in [0.29, 0.717) is 49.0 Å². The first kappa shape index (κ1) is 21.7. The fourth-order valence-electron chi connectivity index (χ4n) is 4.07. The third kappa shape index (κ3) is 4.14. The van der Waals surface area contributed by atoms with E-state index in [9.17, 15) is 14.9 Å². The molecule has 166 valence electrons. The van der Waals surface area contributed by atoms with E-state index in [0.717, 1.165) is 12.8 Å². The Balaban J connectivity index is 1.44. The van der Waals surface area contributed by atoms with Crippen molar-refractivity contribution in [2.45, 2.75) is 19.3 Å². The van der Waals surface area contributed by atoms with Crippen LogP contribution in [0.25, 0.3) is 0 Å². The summed E-state index contributed by atoms with van der Waals surface area (Å²) in [6.07, 6.45) is 5.59. The normalized spacial score (nSPS) is 20.2. The summed E-state index contributed by atoms with van der Waals surface area (Å²) in [4.78, 5) is 37.3. The van der Waals surface area contributed by atoms with Crippen molar-refractivity contribution in [3.63, 3.8) is 0 Å². The number of nitrogens with zero attached hydrogens (tertiary/aromatic N) is 5. The molecule has 1 atom stereocenters. The van der Waals surface area contributed by atoms with Crippen LogP contribution in [0, 0.1) is 22.7 Å². The largest absolute Gasteiger partial charge is 0.383 e. The number of hydrogen-bond acceptors (Lipinski definition) is 7. The van der Waals surface area contributed by atoms with E-state index in [1.807, 2.05) is 0 Å². The number of hydrogen-bond donors (Lipinski definition) is 1. The molecule has 9 nitrogen and oxygen atoms in total. The van der Waals surface area contributed by atoms with Gasteiger partial charge in [0, 0.05) is 51.4 Å². The molecule has 2 aromatic rings. The number of likely N-dealkylation sites (N-methyl/N-ethyl adjacent to an activating group) is 1. The number of nitrogens with one attached hydrogen (secondary N) is 1. The summed E-state index contributed by atoms with van der Waals surface area (Å²) in [6, 6.07) is 9.26. The van der Waals surface area contributed by atoms with E-state index in [1.54, 1.807) is 54.4 Å². The van der Waals surface area contributed by atoms with Crippen molar-refractivity contribution in [1.29, 1.82) is 5.26 Å². The molecule has 0 radical (unpaired) electrons. The molecule has 0 spiro atoms. The van der Waals surface area contributed by atoms with Crippen LogP contribution < -0.4 is 10.2 Å². The van der Waals surface area contributed by atoms with Crippen molar-refractivity contribution in [2.75, 3.05) is 44.1 Å². The Morgan fingerprint density at radius 2 is 2.16 bits per heavy atom. The molecule has 32 heavy (non-hydrogen) atoms. The zero-order valence-corrected chi connectivity index (χ0v) is 18.2. The first-order valence-electron chi connectivity index (χ1n) is 10.7. The van der Waals surface area contributed by atoms with Gasteiger partial charge in [-0.2, -0.15) is 5.26 Å². The average molecular weight is 435 g/mol. The number of carbonyl (C=O) groups excluding carboxylic acids is 2. The Labute approximate surface area is 187 Å². The minimum atomic E-state index is -0.878. The topological polar surface area (TPSA) is 111 Å². The Morgan fingerprint density at radius 1 is 1.34 bits per heavy atom. The number of anilines is 3. The molecule has 0 unspecified atom stereocenters. The van der Waals surface area contributed by atoms with Gasteiger partial charge in [-0.05, 0) is 43.4 Å². The second-order valence-corrected chi connectivity index (χ2v) is 8.24. The zero-order valence-electron chi connectivity index (χ0n) is 18.2. The van der Waals surface area contributed by atoms with Crippen LogP contribution in [0.15, 0.2) is 36.7 Å². The molecule has 0 bridgehead atoms. The molecule has 1 N–H and O–H groups in total. The van der Waals surface area contributed by atoms with E-state index in [2.05, 4.69) is 21.4 Å². The number of methoxy groups -OCH3 is 1. The lowest BCUT2D eigenvalue weighted by atomic mass is 9.83. The molecule has 1 aliphatic carbocycles. The van der Waals surface area contributed by atoms with Crippen LogP contribution in [-0.2, 0) is 9.53 Å². The van der Waals surface area contributed by atoms with E-state index >= 15 is 0 Å². The van der Waals surface area contributed by atoms with Crippen LogP contribution in [0.4, 0.5) is 17.3 Å². The number of ether oxygens (including phenoxy) is 1. The highest BCUT2D eigenvalue weighted by molar-refractivity contribution is 6.02. The Morgan fingerprint density at radius 3 is 2.81 bits per heavy atom. The molecule has 0 aromatic carbocycles. The molecule has 2 fully saturated rings. The summed E-state index contributed by atoms with van der Waals surface area (Å²) < 4.78 is 5.00. The highest BCUT2D eigenvalue weighted by Gasteiger charge is 2.56. The molecule has 2 aliphatic rings. The van der Waals surface area contributed by atoms with Crippen molar-refractivity contribution < 1.29 is 14.3 Å². The van der Waals surface area contributed by atoms with Crippen LogP contribution in [0.5, 0.6) is 0 Å². The Bertz CT molecular complexity index is 1050. The SMILES string of the molecule is COCCN(C)C(=O)c1ccc(Nc2cc(N3CC[C@@](C#N)(C4CC4)C3=O)ccn2)nc1. The van der Waals surface area contributed by atoms with Gasteiger partial charge in [0.15, 0.2) is 0 Å². The maximum atomic E-state index is 13.0. The Hall–Kier alpha value is -3.51. The van der Waals surface area contributed by atoms with Crippen LogP contribution in [0.3, 0.4) is 0 Å². The van der Waals surface area contributed by atoms with Crippen molar-refractivity contribution >= 4 is 29.1 Å². The average Bonchev–Trinajstić information content (AvgIpc) is 3.61. The Kier molecular flexibility index (Phi) is 6.06. The predicted octanol–water partition coefficient (Wildman–Crippen LogP) is 2.60. The number of amides is 2. The van der Waals surface area contributed by atoms with Crippen LogP contribution in [-0.4, -0.2) is 60.5 Å². The first-order chi connectivity index (χ1) is 15.5. The minimum Gasteiger partial charge on any atom is -0.383 e. The van der Waals surface area contributed by atoms with Gasteiger partial charge < -0.3 is 19.9 Å². The highest BCUT2D eigenvalue weighted by Crippen LogP contribution is 2.51. The first-order valence-corrected chi connectivity index (χ1v) is 10.7. The van der Waals surface area contributed by atoms with Gasteiger partial charge in [0.05, 0.1) is 18.2 Å². The van der Waals surface area contributed by atoms with Crippen LogP contribution in [0.2, 0.25) is 0 Å². The molecular formula is C23H26N6O3. The molecular weight excluding hydrogens is 408 g/mol. The summed E-state index contributed by atoms with van der Waals surface area (Å²) in [5.41, 5.74) is 0.306. The quantitative estimate of drug-likeness (QED) is 0.680. The van der Waals surface area contributed by atoms with Crippen molar-refractivity contribution in [1.82, 2.24) is 14.9 Å². The summed E-state index contributed by atoms with van der Waals surface area (Å²) in [7, 11) is 3.31. The molecule has 2 amide bonds. The van der Waals surface area contributed by atoms with Gasteiger partial charge >= 0.3 is 0 Å². The molecule has 3 heterocycles. The summed E-state index contributed by atoms with van der Waals surface area (Å²) >= 11 is 0. The maximum Gasteiger partial charge on any atom is 0.255 e. The third-order valence-corrected chi connectivity index (χ3v) is 6.13. The van der Waals surface area contributed by atoms with Gasteiger partial charge in [0.25, 0.3) is 5.91 Å². The van der Waals surface area contributed by atoms with Gasteiger partial charge in [-0.1, -0.05) is 0 Å². The van der Waals surface area contributed by atoms with Crippen LogP contribution >= 0.6 is 0 Å². The number of rotatable bonds is 8. The number of carbonyl (C=O) groups is 2. The summed E-state index contributed by atoms with van der Waals surface area (Å²) in [5, 5.41) is 12.8. The number of aromatic nitrogens is 2. The van der Waals surface area contributed by atoms with Gasteiger partial charge in [0.1, 0.15) is 17.1 Å². The maximum absolute atomic E-state index is 13.0. The fourth-order valence-corrected chi connectivity index (χ4v) is 4.07. The molecule has 1 saturated carbocycles. The van der Waals surface area contributed by atoms with Gasteiger partial charge in [-0.15, -0.1) is 0 Å². The van der Waals surface area contributed by atoms with Gasteiger partial charge in [-0.25, -0.2) is 9.97 Å². The van der Waals surface area contributed by atoms with Gasteiger partial charge in [0.2, 0.25) is 5.91 Å². The van der Waals surface area contributed by atoms with E-state index < -0.39 is 5.41 Å². The molecule has 4 rings (SSSR count). The van der Waals surface area contributed by atoms with Crippen molar-refractivity contribution in [3.8, 4) is 6.07 Å². The minimum absolute atomic E-state index is 0.113. The zero-order chi connectivity index (χ0) is 22.7. The van der Waals surface area contributed by atoms with E-state index in [1.165, 1.54) is 6.20 Å². The molecule has 9 heteroatoms. The standard InChI is InChI=1S/C23H26N6O3/c1-28(11-12-32-2)21(30)16-3-6-19(26-14-16)27-20-13-18(7-9-25-20)29-10-8-23(15-24,22(29)31)17-4-5-17/h3,6-7,9,13-14,17H,4-5,8,10-12H2,1-2H3,(H,25,26,27)/t23-/m1/s1. The van der Waals surface area contributed by atoms with Gasteiger partial charge in [-0.3, -0.25) is 9.59 Å². The molecule has 1 aliphatic heterocycles. The molecule has 1 saturated heterocycles. The monoisotopic (exact) mass is 434 g/mol. The molecule has 2 aromatic heterocycles. The van der Waals surface area contributed by atoms with Crippen molar-refractivity contribution in [3.05, 3.63) is 42.2 Å². The lowest BCUT2D eigenvalue weighted by Crippen LogP contribution is -2.35. The fraction of sp³-hybridized carbons (Fsp3) is 0.435. The summed E-state index contributed by atoms with van der Waals surface area (Å²) in [6.45, 7) is 1.49. The second kappa shape index (κ2) is 8.93. The highest BCUT2D eigenvalue weighted by atomic mass is 16.5. The second-order valence-electron chi connectivity index (χ2n) is 8.24. The smallest absolute Gasteiger partial charge is 0.255 e. The third-order valence-electron chi connectivity index (χ3n) is 6.13. The van der Waals surface area contributed by atoms with Crippen molar-refractivity contribution in [2.24, 2.45) is 11.3 Å². The predicted molar refractivity (Wildman–Crippen MR) is 118 cm³/mol. The summed E-state index contributed by atoms with van der Waals surface area (Å²) in [5.74, 6) is 0.995. The number of nitriles is 1. The lowest BCUT2D eigenvalue weighted by molar-refractivity contribution is -0.123. The van der Waals surface area contributed by atoms with Crippen LogP contribution in [0.1, 0.15) is 29.6 Å².